The van der Waals surface area contributed by atoms with Crippen LogP contribution in [0.15, 0.2) is 24.4 Å². The first-order valence-corrected chi connectivity index (χ1v) is 6.30. The second-order valence-electron chi connectivity index (χ2n) is 4.79. The lowest BCUT2D eigenvalue weighted by Crippen LogP contribution is -2.44. The normalized spacial score (nSPS) is 32.1. The molecule has 2 heterocycles. The average Bonchev–Trinajstić information content (AvgIpc) is 2.80. The van der Waals surface area contributed by atoms with E-state index in [1.807, 2.05) is 18.2 Å². The summed E-state index contributed by atoms with van der Waals surface area (Å²) in [6.07, 6.45) is 4.40. The molecule has 1 N–H and O–H groups in total. The first-order valence-electron chi connectivity index (χ1n) is 6.30. The van der Waals surface area contributed by atoms with Gasteiger partial charge in [-0.05, 0) is 24.8 Å². The Bertz CT molecular complexity index is 344. The highest BCUT2D eigenvalue weighted by molar-refractivity contribution is 5.09. The third-order valence-electron chi connectivity index (χ3n) is 3.55. The molecule has 3 atom stereocenters. The first kappa shape index (κ1) is 11.0. The number of hydrogen-bond acceptors (Lipinski definition) is 4. The minimum atomic E-state index is 0.390. The van der Waals surface area contributed by atoms with Crippen LogP contribution in [0, 0.1) is 5.92 Å². The van der Waals surface area contributed by atoms with E-state index < -0.39 is 0 Å². The van der Waals surface area contributed by atoms with Crippen LogP contribution in [0.1, 0.15) is 12.8 Å². The van der Waals surface area contributed by atoms with Gasteiger partial charge in [-0.2, -0.15) is 0 Å². The fourth-order valence-electron chi connectivity index (χ4n) is 2.73. The largest absolute Gasteiger partial charge is 0.477 e. The SMILES string of the molecule is c1ccc(OC[C@@H]2C[C@H]3NCCO[C@@H]3C2)nc1. The third kappa shape index (κ3) is 2.58. The number of nitrogens with one attached hydrogen (secondary N) is 1. The van der Waals surface area contributed by atoms with E-state index in [1.165, 1.54) is 0 Å². The summed E-state index contributed by atoms with van der Waals surface area (Å²) in [5.74, 6) is 1.30. The van der Waals surface area contributed by atoms with E-state index in [4.69, 9.17) is 9.47 Å². The summed E-state index contributed by atoms with van der Waals surface area (Å²) in [5, 5.41) is 3.51. The minimum absolute atomic E-state index is 0.390. The molecule has 1 aromatic heterocycles. The molecule has 0 spiro atoms. The molecule has 1 aliphatic heterocycles. The highest BCUT2D eigenvalue weighted by Gasteiger charge is 2.36. The molecule has 3 rings (SSSR count). The van der Waals surface area contributed by atoms with Gasteiger partial charge in [-0.3, -0.25) is 0 Å². The maximum absolute atomic E-state index is 5.75. The number of ether oxygens (including phenoxy) is 2. The Morgan fingerprint density at radius 1 is 1.41 bits per heavy atom. The van der Waals surface area contributed by atoms with E-state index in [1.54, 1.807) is 6.20 Å². The van der Waals surface area contributed by atoms with Gasteiger partial charge in [-0.15, -0.1) is 0 Å². The number of fused-ring (bicyclic) bond motifs is 1. The number of morpholine rings is 1. The highest BCUT2D eigenvalue weighted by Crippen LogP contribution is 2.30. The van der Waals surface area contributed by atoms with Crippen LogP contribution in [0.4, 0.5) is 0 Å². The lowest BCUT2D eigenvalue weighted by Gasteiger charge is -2.26. The Labute approximate surface area is 101 Å². The molecule has 1 aromatic rings. The summed E-state index contributed by atoms with van der Waals surface area (Å²) in [6, 6.07) is 6.27. The molecule has 17 heavy (non-hydrogen) atoms. The van der Waals surface area contributed by atoms with Crippen LogP contribution in [0.25, 0.3) is 0 Å². The van der Waals surface area contributed by atoms with Crippen molar-refractivity contribution in [2.75, 3.05) is 19.8 Å². The van der Waals surface area contributed by atoms with Gasteiger partial charge >= 0.3 is 0 Å². The van der Waals surface area contributed by atoms with E-state index in [9.17, 15) is 0 Å². The Morgan fingerprint density at radius 3 is 3.24 bits per heavy atom. The maximum Gasteiger partial charge on any atom is 0.213 e. The number of aromatic nitrogens is 1. The average molecular weight is 234 g/mol. The van der Waals surface area contributed by atoms with Crippen molar-refractivity contribution in [3.63, 3.8) is 0 Å². The summed E-state index contributed by atoms with van der Waals surface area (Å²) in [7, 11) is 0. The van der Waals surface area contributed by atoms with Crippen molar-refractivity contribution in [1.82, 2.24) is 10.3 Å². The van der Waals surface area contributed by atoms with Gasteiger partial charge in [-0.1, -0.05) is 6.07 Å². The molecule has 4 heteroatoms. The van der Waals surface area contributed by atoms with Crippen molar-refractivity contribution in [3.8, 4) is 5.88 Å². The lowest BCUT2D eigenvalue weighted by molar-refractivity contribution is 0.00963. The van der Waals surface area contributed by atoms with Crippen LogP contribution < -0.4 is 10.1 Å². The standard InChI is InChI=1S/C13H18N2O2/c1-2-4-15-13(3-1)17-9-10-7-11-12(8-10)16-6-5-14-11/h1-4,10-12,14H,5-9H2/t10-,11-,12-/m1/s1. The van der Waals surface area contributed by atoms with Gasteiger partial charge in [-0.25, -0.2) is 4.98 Å². The molecule has 4 nitrogen and oxygen atoms in total. The lowest BCUT2D eigenvalue weighted by atomic mass is 10.1. The fourth-order valence-corrected chi connectivity index (χ4v) is 2.73. The van der Waals surface area contributed by atoms with Crippen LogP contribution in [0.3, 0.4) is 0 Å². The molecule has 1 aliphatic carbocycles. The van der Waals surface area contributed by atoms with E-state index in [2.05, 4.69) is 10.3 Å². The molecular formula is C13H18N2O2. The molecule has 92 valence electrons. The summed E-state index contributed by atoms with van der Waals surface area (Å²) < 4.78 is 11.5. The summed E-state index contributed by atoms with van der Waals surface area (Å²) >= 11 is 0. The number of hydrogen-bond donors (Lipinski definition) is 1. The topological polar surface area (TPSA) is 43.4 Å². The molecule has 0 bridgehead atoms. The third-order valence-corrected chi connectivity index (χ3v) is 3.55. The summed E-state index contributed by atoms with van der Waals surface area (Å²) in [6.45, 7) is 2.57. The van der Waals surface area contributed by atoms with Crippen molar-refractivity contribution in [3.05, 3.63) is 24.4 Å². The molecule has 0 amide bonds. The maximum atomic E-state index is 5.75. The van der Waals surface area contributed by atoms with Crippen LogP contribution in [0.2, 0.25) is 0 Å². The van der Waals surface area contributed by atoms with Crippen LogP contribution >= 0.6 is 0 Å². The molecule has 0 unspecified atom stereocenters. The Morgan fingerprint density at radius 2 is 2.41 bits per heavy atom. The monoisotopic (exact) mass is 234 g/mol. The summed E-state index contributed by atoms with van der Waals surface area (Å²) in [4.78, 5) is 4.16. The molecular weight excluding hydrogens is 216 g/mol. The van der Waals surface area contributed by atoms with E-state index in [0.717, 1.165) is 38.5 Å². The van der Waals surface area contributed by atoms with Gasteiger partial charge in [0.2, 0.25) is 5.88 Å². The zero-order valence-corrected chi connectivity index (χ0v) is 9.84. The van der Waals surface area contributed by atoms with Gasteiger partial charge in [0.05, 0.1) is 19.3 Å². The van der Waals surface area contributed by atoms with E-state index in [0.29, 0.717) is 18.1 Å². The number of nitrogens with zero attached hydrogens (tertiary/aromatic N) is 1. The molecule has 1 saturated carbocycles. The van der Waals surface area contributed by atoms with Gasteiger partial charge in [0, 0.05) is 24.8 Å². The number of pyridine rings is 1. The first-order chi connectivity index (χ1) is 8.42. The number of rotatable bonds is 3. The van der Waals surface area contributed by atoms with Crippen LogP contribution in [-0.2, 0) is 4.74 Å². The van der Waals surface area contributed by atoms with E-state index in [-0.39, 0.29) is 0 Å². The molecule has 1 saturated heterocycles. The predicted molar refractivity (Wildman–Crippen MR) is 64.0 cm³/mol. The van der Waals surface area contributed by atoms with Gasteiger partial charge in [0.25, 0.3) is 0 Å². The van der Waals surface area contributed by atoms with Crippen molar-refractivity contribution in [1.29, 1.82) is 0 Å². The molecule has 0 radical (unpaired) electrons. The van der Waals surface area contributed by atoms with Gasteiger partial charge < -0.3 is 14.8 Å². The Balaban J connectivity index is 1.50. The summed E-state index contributed by atoms with van der Waals surface area (Å²) in [5.41, 5.74) is 0. The Hall–Kier alpha value is -1.13. The second-order valence-corrected chi connectivity index (χ2v) is 4.79. The smallest absolute Gasteiger partial charge is 0.213 e. The molecule has 2 fully saturated rings. The van der Waals surface area contributed by atoms with E-state index >= 15 is 0 Å². The Kier molecular flexibility index (Phi) is 3.25. The van der Waals surface area contributed by atoms with Crippen molar-refractivity contribution >= 4 is 0 Å². The van der Waals surface area contributed by atoms with Crippen molar-refractivity contribution in [2.45, 2.75) is 25.0 Å². The second kappa shape index (κ2) is 5.02. The van der Waals surface area contributed by atoms with Crippen molar-refractivity contribution < 1.29 is 9.47 Å². The van der Waals surface area contributed by atoms with Crippen molar-refractivity contribution in [2.24, 2.45) is 5.92 Å². The predicted octanol–water partition coefficient (Wildman–Crippen LogP) is 1.23. The zero-order chi connectivity index (χ0) is 11.5. The molecule has 0 aromatic carbocycles. The van der Waals surface area contributed by atoms with Crippen LogP contribution in [-0.4, -0.2) is 36.9 Å². The van der Waals surface area contributed by atoms with Gasteiger partial charge in [0.1, 0.15) is 0 Å². The minimum Gasteiger partial charge on any atom is -0.477 e. The quantitative estimate of drug-likeness (QED) is 0.854. The zero-order valence-electron chi connectivity index (χ0n) is 9.84. The fraction of sp³-hybridized carbons (Fsp3) is 0.615. The highest BCUT2D eigenvalue weighted by atomic mass is 16.5. The molecule has 2 aliphatic rings. The van der Waals surface area contributed by atoms with Gasteiger partial charge in [0.15, 0.2) is 0 Å². The van der Waals surface area contributed by atoms with Crippen LogP contribution in [0.5, 0.6) is 5.88 Å².